The summed E-state index contributed by atoms with van der Waals surface area (Å²) in [6, 6.07) is 41.1. The maximum absolute atomic E-state index is 15.1. The Balaban J connectivity index is 0.000000150. The van der Waals surface area contributed by atoms with Crippen molar-refractivity contribution in [1.29, 1.82) is 0 Å². The van der Waals surface area contributed by atoms with Gasteiger partial charge in [-0.2, -0.15) is 0 Å². The van der Waals surface area contributed by atoms with Crippen LogP contribution in [0.4, 0.5) is 61.2 Å². The molecule has 15 rings (SSSR count). The van der Waals surface area contributed by atoms with E-state index in [1.54, 1.807) is 97.3 Å². The average molecular weight is 1600 g/mol. The van der Waals surface area contributed by atoms with E-state index in [1.165, 1.54) is 90.3 Å². The molecule has 0 saturated heterocycles. The predicted octanol–water partition coefficient (Wildman–Crippen LogP) is 17.5. The molecule has 0 spiro atoms. The van der Waals surface area contributed by atoms with E-state index in [0.717, 1.165) is 29.3 Å². The number of fused-ring (bicyclic) bond motifs is 9. The van der Waals surface area contributed by atoms with Gasteiger partial charge in [0.05, 0.1) is 106 Å². The van der Waals surface area contributed by atoms with Crippen LogP contribution in [0.5, 0.6) is 34.5 Å². The largest absolute Gasteiger partial charge is 0.573 e. The van der Waals surface area contributed by atoms with Crippen LogP contribution in [-0.2, 0) is 19.6 Å². The number of aliphatic imine (C=N–C) groups is 3. The van der Waals surface area contributed by atoms with Crippen LogP contribution in [0.2, 0.25) is 10.0 Å². The van der Waals surface area contributed by atoms with Crippen LogP contribution >= 0.6 is 23.2 Å². The van der Waals surface area contributed by atoms with E-state index in [2.05, 4.69) is 51.5 Å². The molecule has 3 aliphatic rings. The summed E-state index contributed by atoms with van der Waals surface area (Å²) in [5, 5.41) is 37.8. The number of rotatable bonds is 18. The third-order valence-corrected chi connectivity index (χ3v) is 18.3. The molecule has 6 N–H and O–H groups in total. The fourth-order valence-corrected chi connectivity index (χ4v) is 13.0. The molecule has 3 aromatic heterocycles. The number of ether oxygens (including phenoxy) is 6. The zero-order valence-corrected chi connectivity index (χ0v) is 62.1. The number of carbonyl (C=O) groups is 3. The first-order chi connectivity index (χ1) is 55.4. The van der Waals surface area contributed by atoms with E-state index in [9.17, 15) is 42.9 Å². The Morgan fingerprint density at radius 1 is 0.417 bits per heavy atom. The second-order valence-corrected chi connectivity index (χ2v) is 25.7. The average Bonchev–Trinajstić information content (AvgIpc) is 1.70. The molecule has 578 valence electrons. The van der Waals surface area contributed by atoms with E-state index < -0.39 is 53.0 Å². The number of alkyl halides is 3. The summed E-state index contributed by atoms with van der Waals surface area (Å²) in [5.74, 6) is -1.51. The minimum absolute atomic E-state index is 0.0339. The molecule has 32 heteroatoms. The number of nitrogens with one attached hydrogen (secondary N) is 3. The van der Waals surface area contributed by atoms with Crippen LogP contribution < -0.4 is 44.4 Å². The highest BCUT2D eigenvalue weighted by molar-refractivity contribution is 6.32. The monoisotopic (exact) mass is 1600 g/mol. The van der Waals surface area contributed by atoms with Crippen molar-refractivity contribution < 1.29 is 84.5 Å². The lowest BCUT2D eigenvalue weighted by Crippen LogP contribution is -2.20. The van der Waals surface area contributed by atoms with Gasteiger partial charge in [-0.1, -0.05) is 65.5 Å². The van der Waals surface area contributed by atoms with Gasteiger partial charge in [-0.25, -0.2) is 57.5 Å². The first-order valence-corrected chi connectivity index (χ1v) is 34.8. The third kappa shape index (κ3) is 16.9. The number of benzene rings is 9. The fourth-order valence-electron chi connectivity index (χ4n) is 12.7. The zero-order valence-electron chi connectivity index (χ0n) is 60.6. The molecule has 0 saturated carbocycles. The Hall–Kier alpha value is -14.4. The summed E-state index contributed by atoms with van der Waals surface area (Å²) in [5.41, 5.74) is 9.67. The summed E-state index contributed by atoms with van der Waals surface area (Å²) in [4.78, 5) is 75.3. The maximum Gasteiger partial charge on any atom is 0.573 e. The standard InChI is InChI=1S/C29H21FN4O4.C27H17ClF4N4O4.C27H20ClFN4O4/c1-4-16-8-10-19-21(12-16)27(25-22(30)6-5-7-23(25)37-2)31-14-17-15-32-29(34-26(17)19)33-18-9-11-20(28(35)36)24(13-18)38-3;1-39-21-10-15(6-8-17(21)25(37)38)35-26-34-12-13-11-33-24(18-9-14(28)5-7-16(18)23(13)36-26)22-19(29)3-2-4-20(22)40-27(30,31)32;1-36-21-5-3-4-20(29)23(21)25-19-10-15(28)6-8-17(19)24-14(12-30-25)13-31-27(33-24)32-16-7-9-18(26(34)35)22(11-16)37-2/h1,5-13,15H,14H2,2-3H3,(H,35,36)(H,32,33,34);2-10,12H,11H2,1H3,(H,37,38)(H,34,35,36);3-11,13H,12H2,1-2H3,(H,34,35)(H,31,32,33). The Labute approximate surface area is 659 Å². The van der Waals surface area contributed by atoms with E-state index in [4.69, 9.17) is 73.3 Å². The molecule has 6 heterocycles. The molecule has 0 unspecified atom stereocenters. The molecule has 115 heavy (non-hydrogen) atoms. The van der Waals surface area contributed by atoms with Crippen molar-refractivity contribution in [1.82, 2.24) is 29.9 Å². The van der Waals surface area contributed by atoms with Crippen LogP contribution in [-0.4, -0.2) is 122 Å². The van der Waals surface area contributed by atoms with Crippen LogP contribution in [0.25, 0.3) is 33.8 Å². The van der Waals surface area contributed by atoms with Crippen LogP contribution in [0, 0.1) is 29.8 Å². The summed E-state index contributed by atoms with van der Waals surface area (Å²) >= 11 is 12.6. The van der Waals surface area contributed by atoms with Gasteiger partial charge in [0.1, 0.15) is 68.6 Å². The predicted molar refractivity (Wildman–Crippen MR) is 417 cm³/mol. The van der Waals surface area contributed by atoms with Crippen molar-refractivity contribution in [3.8, 4) is 80.6 Å². The molecule has 0 bridgehead atoms. The summed E-state index contributed by atoms with van der Waals surface area (Å²) < 4.78 is 115. The lowest BCUT2D eigenvalue weighted by molar-refractivity contribution is -0.274. The van der Waals surface area contributed by atoms with Gasteiger partial charge in [0.2, 0.25) is 17.8 Å². The molecular weight excluding hydrogens is 1540 g/mol. The summed E-state index contributed by atoms with van der Waals surface area (Å²) in [6.45, 7) is 0.317. The molecule has 12 aromatic rings. The third-order valence-electron chi connectivity index (χ3n) is 17.9. The van der Waals surface area contributed by atoms with Gasteiger partial charge in [-0.15, -0.1) is 19.6 Å². The molecule has 0 radical (unpaired) electrons. The van der Waals surface area contributed by atoms with Gasteiger partial charge >= 0.3 is 24.3 Å². The first-order valence-electron chi connectivity index (χ1n) is 34.0. The number of hydrogen-bond donors (Lipinski definition) is 6. The Bertz CT molecular complexity index is 6060. The van der Waals surface area contributed by atoms with Gasteiger partial charge in [0.15, 0.2) is 0 Å². The minimum Gasteiger partial charge on any atom is -0.496 e. The molecule has 3 aliphatic heterocycles. The van der Waals surface area contributed by atoms with Gasteiger partial charge in [-0.3, -0.25) is 15.0 Å². The lowest BCUT2D eigenvalue weighted by Gasteiger charge is -2.17. The topological polar surface area (TPSA) is 318 Å². The molecule has 0 amide bonds. The second-order valence-electron chi connectivity index (χ2n) is 24.8. The van der Waals surface area contributed by atoms with Gasteiger partial charge in [0, 0.05) is 120 Å². The van der Waals surface area contributed by atoms with E-state index in [0.29, 0.717) is 101 Å². The Morgan fingerprint density at radius 2 is 0.739 bits per heavy atom. The lowest BCUT2D eigenvalue weighted by atomic mass is 9.93. The quantitative estimate of drug-likeness (QED) is 0.0343. The number of methoxy groups -OCH3 is 5. The first kappa shape index (κ1) is 78.7. The Kier molecular flexibility index (Phi) is 23.0. The van der Waals surface area contributed by atoms with E-state index in [-0.39, 0.29) is 98.8 Å². The summed E-state index contributed by atoms with van der Waals surface area (Å²) in [7, 11) is 7.09. The van der Waals surface area contributed by atoms with Crippen LogP contribution in [0.1, 0.15) is 86.7 Å². The van der Waals surface area contributed by atoms with Crippen molar-refractivity contribution in [2.45, 2.75) is 26.0 Å². The number of hydrogen-bond acceptors (Lipinski definition) is 21. The van der Waals surface area contributed by atoms with Crippen molar-refractivity contribution >= 4 is 93.2 Å². The minimum atomic E-state index is -5.06. The zero-order chi connectivity index (χ0) is 81.5. The molecule has 9 aromatic carbocycles. The van der Waals surface area contributed by atoms with Crippen molar-refractivity contribution in [2.75, 3.05) is 51.5 Å². The highest BCUT2D eigenvalue weighted by Gasteiger charge is 2.36. The van der Waals surface area contributed by atoms with Crippen molar-refractivity contribution in [2.24, 2.45) is 15.0 Å². The molecule has 24 nitrogen and oxygen atoms in total. The molecule has 0 atom stereocenters. The number of aromatic nitrogens is 6. The summed E-state index contributed by atoms with van der Waals surface area (Å²) in [6.07, 6.45) is 5.39. The Morgan fingerprint density at radius 3 is 1.06 bits per heavy atom. The normalized spacial score (nSPS) is 12.1. The second kappa shape index (κ2) is 33.6. The number of halogens is 8. The van der Waals surface area contributed by atoms with Gasteiger partial charge in [0.25, 0.3) is 0 Å². The molecule has 0 aliphatic carbocycles. The number of terminal acetylenes is 1. The van der Waals surface area contributed by atoms with Crippen LogP contribution in [0.15, 0.2) is 197 Å². The van der Waals surface area contributed by atoms with Crippen molar-refractivity contribution in [3.63, 3.8) is 0 Å². The van der Waals surface area contributed by atoms with E-state index >= 15 is 13.2 Å². The number of nitrogens with zero attached hydrogens (tertiary/aromatic N) is 9. The highest BCUT2D eigenvalue weighted by atomic mass is 35.5. The smallest absolute Gasteiger partial charge is 0.496 e. The number of carboxylic acids is 3. The number of aromatic carboxylic acids is 3. The van der Waals surface area contributed by atoms with Gasteiger partial charge in [-0.05, 0) is 109 Å². The SMILES string of the molecule is C#Cc1ccc2c(c1)C(c1c(F)cccc1OC)=NCc1cnc(Nc3ccc(C(=O)O)c(OC)c3)nc1-2.COc1cc(Nc2ncc3c(n2)-c2ccc(Cl)cc2C(c2c(F)cccc2OC(F)(F)F)=NC3)ccc1C(=O)O.COc1cc(Nc2ncc3c(n2)-c2ccc(Cl)cc2C(c2c(F)cccc2OC)=NC3)ccc1C(=O)O. The van der Waals surface area contributed by atoms with Crippen molar-refractivity contribution in [3.05, 3.63) is 282 Å². The number of carboxylic acid groups (broad SMARTS) is 3. The maximum atomic E-state index is 15.1. The van der Waals surface area contributed by atoms with Gasteiger partial charge < -0.3 is 59.7 Å². The highest BCUT2D eigenvalue weighted by Crippen LogP contribution is 2.42. The number of anilines is 6. The molecule has 0 fully saturated rings. The van der Waals surface area contributed by atoms with Crippen LogP contribution in [0.3, 0.4) is 0 Å². The fraction of sp³-hybridized carbons (Fsp3) is 0.108. The molecular formula is C83H58Cl2F6N12O12. The van der Waals surface area contributed by atoms with E-state index in [1.807, 2.05) is 12.1 Å².